The Kier molecular flexibility index (Phi) is 8.35. The number of para-hydroxylation sites is 1. The van der Waals surface area contributed by atoms with Gasteiger partial charge in [-0.3, -0.25) is 14.4 Å². The molecule has 2 aliphatic heterocycles. The molecule has 0 bridgehead atoms. The summed E-state index contributed by atoms with van der Waals surface area (Å²) in [4.78, 5) is 49.1. The highest BCUT2D eigenvalue weighted by molar-refractivity contribution is 6.07. The maximum absolute atomic E-state index is 13.3. The van der Waals surface area contributed by atoms with Gasteiger partial charge in [0.2, 0.25) is 5.91 Å². The summed E-state index contributed by atoms with van der Waals surface area (Å²) in [6.45, 7) is 6.43. The minimum absolute atomic E-state index is 0.105. The van der Waals surface area contributed by atoms with Gasteiger partial charge in [-0.2, -0.15) is 0 Å². The number of carbonyl (C=O) groups is 3. The fourth-order valence-electron chi connectivity index (χ4n) is 6.03. The van der Waals surface area contributed by atoms with Gasteiger partial charge in [0, 0.05) is 69.8 Å². The maximum Gasteiger partial charge on any atom is 0.277 e. The molecule has 3 aromatic rings. The molecule has 0 unspecified atom stereocenters. The third-order valence-corrected chi connectivity index (χ3v) is 8.67. The third kappa shape index (κ3) is 6.53. The molecule has 2 amide bonds. The van der Waals surface area contributed by atoms with Gasteiger partial charge in [-0.25, -0.2) is 4.98 Å². The van der Waals surface area contributed by atoms with Crippen LogP contribution in [0.1, 0.15) is 83.2 Å². The molecule has 2 N–H and O–H groups in total. The first kappa shape index (κ1) is 28.8. The summed E-state index contributed by atoms with van der Waals surface area (Å²) in [5.74, 6) is 0.310. The molecule has 0 radical (unpaired) electrons. The fraction of sp³-hybridized carbons (Fsp3) is 0.455. The van der Waals surface area contributed by atoms with Crippen molar-refractivity contribution in [3.8, 4) is 5.75 Å². The van der Waals surface area contributed by atoms with E-state index >= 15 is 0 Å². The second kappa shape index (κ2) is 12.5. The van der Waals surface area contributed by atoms with Gasteiger partial charge in [0.05, 0.1) is 16.9 Å². The van der Waals surface area contributed by atoms with Crippen molar-refractivity contribution in [1.82, 2.24) is 9.88 Å². The van der Waals surface area contributed by atoms with E-state index in [9.17, 15) is 19.5 Å². The number of unbranched alkanes of at least 4 members (excludes halogenated alkanes) is 1. The molecule has 10 heteroatoms. The van der Waals surface area contributed by atoms with Crippen molar-refractivity contribution < 1.29 is 23.9 Å². The van der Waals surface area contributed by atoms with Crippen molar-refractivity contribution in [2.75, 3.05) is 54.4 Å². The third-order valence-electron chi connectivity index (χ3n) is 8.67. The number of ketones is 1. The molecule has 2 aromatic carbocycles. The number of hydrogen-bond donors (Lipinski definition) is 2. The van der Waals surface area contributed by atoms with E-state index in [4.69, 9.17) is 4.42 Å². The van der Waals surface area contributed by atoms with Crippen molar-refractivity contribution >= 4 is 34.7 Å². The van der Waals surface area contributed by atoms with Crippen LogP contribution in [-0.4, -0.2) is 71.9 Å². The summed E-state index contributed by atoms with van der Waals surface area (Å²) in [6.07, 6.45) is 6.47. The highest BCUT2D eigenvalue weighted by Crippen LogP contribution is 2.40. The number of phenolic OH excluding ortho intramolecular Hbond substituents is 1. The van der Waals surface area contributed by atoms with Gasteiger partial charge >= 0.3 is 0 Å². The number of carbonyl (C=O) groups excluding carboxylic acids is 3. The van der Waals surface area contributed by atoms with Gasteiger partial charge in [-0.05, 0) is 56.7 Å². The lowest BCUT2D eigenvalue weighted by atomic mass is 10.0. The standard InChI is InChI=1S/C33H39N5O5/c1-22-7-2-3-8-27(22)36-15-17-37(18-16-36)28-20-30(40)24(29(39)9-4-5-13-38-14-6-10-31(38)41)19-25(28)34-32(42)26-21-43-33(35-26)23-11-12-23/h2-3,7-8,19-21,23,40H,4-6,9-18H2,1H3,(H,34,42). The molecule has 2 saturated heterocycles. The number of aromatic hydroxyl groups is 1. The molecule has 0 atom stereocenters. The molecular formula is C33H39N5O5. The average Bonchev–Trinajstić information content (AvgIpc) is 3.59. The number of nitrogens with zero attached hydrogens (tertiary/aromatic N) is 4. The minimum atomic E-state index is -0.421. The highest BCUT2D eigenvalue weighted by Gasteiger charge is 2.30. The maximum atomic E-state index is 13.3. The number of amides is 2. The summed E-state index contributed by atoms with van der Waals surface area (Å²) in [5, 5.41) is 14.0. The summed E-state index contributed by atoms with van der Waals surface area (Å²) in [5.41, 5.74) is 3.89. The Balaban J connectivity index is 1.18. The quantitative estimate of drug-likeness (QED) is 0.181. The zero-order chi connectivity index (χ0) is 29.9. The minimum Gasteiger partial charge on any atom is -0.507 e. The van der Waals surface area contributed by atoms with Crippen LogP contribution in [0.4, 0.5) is 17.1 Å². The van der Waals surface area contributed by atoms with Crippen LogP contribution in [0.25, 0.3) is 0 Å². The molecule has 226 valence electrons. The number of nitrogens with one attached hydrogen (secondary N) is 1. The second-order valence-electron chi connectivity index (χ2n) is 11.8. The van der Waals surface area contributed by atoms with Crippen LogP contribution in [0.5, 0.6) is 5.75 Å². The van der Waals surface area contributed by atoms with E-state index in [-0.39, 0.29) is 41.0 Å². The predicted octanol–water partition coefficient (Wildman–Crippen LogP) is 5.12. The van der Waals surface area contributed by atoms with Crippen LogP contribution in [0, 0.1) is 6.92 Å². The number of oxazole rings is 1. The summed E-state index contributed by atoms with van der Waals surface area (Å²) in [7, 11) is 0. The molecule has 1 aliphatic carbocycles. The second-order valence-corrected chi connectivity index (χ2v) is 11.8. The van der Waals surface area contributed by atoms with Crippen molar-refractivity contribution in [2.24, 2.45) is 0 Å². The molecule has 43 heavy (non-hydrogen) atoms. The van der Waals surface area contributed by atoms with Gasteiger partial charge in [-0.1, -0.05) is 18.2 Å². The number of aryl methyl sites for hydroxylation is 1. The number of phenols is 1. The number of anilines is 3. The topological polar surface area (TPSA) is 119 Å². The number of hydrogen-bond acceptors (Lipinski definition) is 8. The largest absolute Gasteiger partial charge is 0.507 e. The molecule has 10 nitrogen and oxygen atoms in total. The van der Waals surface area contributed by atoms with Crippen molar-refractivity contribution in [3.63, 3.8) is 0 Å². The van der Waals surface area contributed by atoms with E-state index in [1.54, 1.807) is 12.1 Å². The first-order valence-corrected chi connectivity index (χ1v) is 15.4. The van der Waals surface area contributed by atoms with E-state index in [0.29, 0.717) is 49.7 Å². The zero-order valence-electron chi connectivity index (χ0n) is 24.7. The van der Waals surface area contributed by atoms with Crippen molar-refractivity contribution in [3.05, 3.63) is 65.4 Å². The first-order chi connectivity index (χ1) is 20.9. The highest BCUT2D eigenvalue weighted by atomic mass is 16.3. The van der Waals surface area contributed by atoms with Gasteiger partial charge in [-0.15, -0.1) is 0 Å². The zero-order valence-corrected chi connectivity index (χ0v) is 24.7. The Morgan fingerprint density at radius 2 is 1.77 bits per heavy atom. The number of benzene rings is 2. The number of Topliss-reactive ketones (excluding diaryl/α,β-unsaturated/α-hetero) is 1. The number of aromatic nitrogens is 1. The van der Waals surface area contributed by atoms with Crippen LogP contribution < -0.4 is 15.1 Å². The van der Waals surface area contributed by atoms with Crippen LogP contribution in [0.3, 0.4) is 0 Å². The lowest BCUT2D eigenvalue weighted by Crippen LogP contribution is -2.47. The van der Waals surface area contributed by atoms with E-state index in [0.717, 1.165) is 45.3 Å². The lowest BCUT2D eigenvalue weighted by Gasteiger charge is -2.38. The fourth-order valence-corrected chi connectivity index (χ4v) is 6.03. The normalized spacial score (nSPS) is 17.0. The summed E-state index contributed by atoms with van der Waals surface area (Å²) >= 11 is 0. The Morgan fingerprint density at radius 3 is 2.47 bits per heavy atom. The Morgan fingerprint density at radius 1 is 1.02 bits per heavy atom. The van der Waals surface area contributed by atoms with Gasteiger partial charge in [0.15, 0.2) is 17.4 Å². The van der Waals surface area contributed by atoms with Crippen molar-refractivity contribution in [1.29, 1.82) is 0 Å². The molecular weight excluding hydrogens is 546 g/mol. The average molecular weight is 586 g/mol. The molecule has 6 rings (SSSR count). The SMILES string of the molecule is Cc1ccccc1N1CCN(c2cc(O)c(C(=O)CCCCN3CCCC3=O)cc2NC(=O)c2coc(C3CC3)n2)CC1. The predicted molar refractivity (Wildman–Crippen MR) is 164 cm³/mol. The number of likely N-dealkylation sites (tertiary alicyclic amines) is 1. The van der Waals surface area contributed by atoms with E-state index in [1.165, 1.54) is 17.5 Å². The van der Waals surface area contributed by atoms with Gasteiger partial charge in [0.1, 0.15) is 12.0 Å². The molecule has 0 spiro atoms. The van der Waals surface area contributed by atoms with Crippen LogP contribution >= 0.6 is 0 Å². The smallest absolute Gasteiger partial charge is 0.277 e. The van der Waals surface area contributed by atoms with Crippen LogP contribution in [-0.2, 0) is 4.79 Å². The first-order valence-electron chi connectivity index (χ1n) is 15.4. The number of rotatable bonds is 11. The Bertz CT molecular complexity index is 1510. The number of piperazine rings is 1. The Labute approximate surface area is 251 Å². The van der Waals surface area contributed by atoms with E-state index in [1.807, 2.05) is 17.0 Å². The van der Waals surface area contributed by atoms with Crippen LogP contribution in [0.15, 0.2) is 47.1 Å². The molecule has 3 fully saturated rings. The summed E-state index contributed by atoms with van der Waals surface area (Å²) in [6, 6.07) is 11.5. The Hall–Kier alpha value is -4.34. The van der Waals surface area contributed by atoms with E-state index < -0.39 is 5.91 Å². The monoisotopic (exact) mass is 585 g/mol. The summed E-state index contributed by atoms with van der Waals surface area (Å²) < 4.78 is 5.53. The lowest BCUT2D eigenvalue weighted by molar-refractivity contribution is -0.127. The molecule has 1 saturated carbocycles. The molecule has 3 aliphatic rings. The van der Waals surface area contributed by atoms with Gasteiger partial charge < -0.3 is 29.5 Å². The van der Waals surface area contributed by atoms with Gasteiger partial charge in [0.25, 0.3) is 5.91 Å². The van der Waals surface area contributed by atoms with E-state index in [2.05, 4.69) is 39.2 Å². The molecule has 3 heterocycles. The molecule has 1 aromatic heterocycles. The van der Waals surface area contributed by atoms with Crippen LogP contribution in [0.2, 0.25) is 0 Å². The van der Waals surface area contributed by atoms with Crippen molar-refractivity contribution in [2.45, 2.75) is 57.8 Å².